The molecule has 128 valence electrons. The van der Waals surface area contributed by atoms with Crippen LogP contribution in [0.3, 0.4) is 0 Å². The van der Waals surface area contributed by atoms with E-state index in [0.717, 1.165) is 32.6 Å². The second kappa shape index (κ2) is 7.30. The van der Waals surface area contributed by atoms with Crippen LogP contribution >= 0.6 is 0 Å². The number of rotatable bonds is 5. The Morgan fingerprint density at radius 1 is 1.26 bits per heavy atom. The van der Waals surface area contributed by atoms with Crippen molar-refractivity contribution in [3.63, 3.8) is 0 Å². The van der Waals surface area contributed by atoms with Gasteiger partial charge >= 0.3 is 0 Å². The number of nitrogens with one attached hydrogen (secondary N) is 1. The molecule has 1 heterocycles. The van der Waals surface area contributed by atoms with E-state index in [-0.39, 0.29) is 23.3 Å². The molecule has 1 atom stereocenters. The number of halogens is 1. The lowest BCUT2D eigenvalue weighted by Crippen LogP contribution is -2.56. The number of hydrogen-bond donors (Lipinski definition) is 1. The summed E-state index contributed by atoms with van der Waals surface area (Å²) >= 11 is 0. The lowest BCUT2D eigenvalue weighted by atomic mass is 10.0. The van der Waals surface area contributed by atoms with Crippen molar-refractivity contribution in [1.29, 1.82) is 0 Å². The topological polar surface area (TPSA) is 35.6 Å². The third kappa shape index (κ3) is 4.44. The average Bonchev–Trinajstić information content (AvgIpc) is 2.54. The number of piperazine rings is 1. The standard InChI is InChI=1S/C18H28FN3O/c1-5-18(3,4)20-17(23)14(2)21-10-12-22(13-11-21)16-9-7-6-8-15(16)19/h6-9,14H,5,10-13H2,1-4H3,(H,20,23). The zero-order valence-corrected chi connectivity index (χ0v) is 14.6. The molecule has 1 aromatic carbocycles. The number of carbonyl (C=O) groups excluding carboxylic acids is 1. The second-order valence-corrected chi connectivity index (χ2v) is 6.88. The Labute approximate surface area is 138 Å². The number of nitrogens with zero attached hydrogens (tertiary/aromatic N) is 2. The molecule has 1 amide bonds. The highest BCUT2D eigenvalue weighted by atomic mass is 19.1. The van der Waals surface area contributed by atoms with E-state index in [0.29, 0.717) is 5.69 Å². The SMILES string of the molecule is CCC(C)(C)NC(=O)C(C)N1CCN(c2ccccc2F)CC1. The molecular weight excluding hydrogens is 293 g/mol. The third-order valence-corrected chi connectivity index (χ3v) is 4.78. The third-order valence-electron chi connectivity index (χ3n) is 4.78. The van der Waals surface area contributed by atoms with Gasteiger partial charge in [0, 0.05) is 31.7 Å². The number of para-hydroxylation sites is 1. The molecule has 2 rings (SSSR count). The van der Waals surface area contributed by atoms with E-state index in [1.165, 1.54) is 6.07 Å². The van der Waals surface area contributed by atoms with Gasteiger partial charge in [-0.3, -0.25) is 9.69 Å². The maximum Gasteiger partial charge on any atom is 0.237 e. The minimum Gasteiger partial charge on any atom is -0.367 e. The maximum atomic E-state index is 13.9. The minimum absolute atomic E-state index is 0.0659. The molecule has 4 nitrogen and oxygen atoms in total. The van der Waals surface area contributed by atoms with E-state index < -0.39 is 0 Å². The van der Waals surface area contributed by atoms with Gasteiger partial charge in [0.1, 0.15) is 5.82 Å². The highest BCUT2D eigenvalue weighted by Crippen LogP contribution is 2.21. The molecule has 0 aromatic heterocycles. The number of benzene rings is 1. The fourth-order valence-electron chi connectivity index (χ4n) is 2.75. The molecule has 1 unspecified atom stereocenters. The van der Waals surface area contributed by atoms with Gasteiger partial charge in [0.05, 0.1) is 11.7 Å². The van der Waals surface area contributed by atoms with Gasteiger partial charge in [0.25, 0.3) is 0 Å². The van der Waals surface area contributed by atoms with E-state index in [4.69, 9.17) is 0 Å². The summed E-state index contributed by atoms with van der Waals surface area (Å²) in [6.07, 6.45) is 0.895. The summed E-state index contributed by atoms with van der Waals surface area (Å²) < 4.78 is 13.9. The minimum atomic E-state index is -0.184. The van der Waals surface area contributed by atoms with Gasteiger partial charge in [-0.25, -0.2) is 4.39 Å². The number of carbonyl (C=O) groups is 1. The summed E-state index contributed by atoms with van der Waals surface area (Å²) in [5.74, 6) is -0.118. The van der Waals surface area contributed by atoms with Crippen LogP contribution in [0.15, 0.2) is 24.3 Å². The van der Waals surface area contributed by atoms with Crippen molar-refractivity contribution in [3.8, 4) is 0 Å². The van der Waals surface area contributed by atoms with Gasteiger partial charge in [0.2, 0.25) is 5.91 Å². The molecule has 1 saturated heterocycles. The smallest absolute Gasteiger partial charge is 0.237 e. The summed E-state index contributed by atoms with van der Waals surface area (Å²) in [6, 6.07) is 6.70. The predicted molar refractivity (Wildman–Crippen MR) is 92.2 cm³/mol. The molecule has 23 heavy (non-hydrogen) atoms. The van der Waals surface area contributed by atoms with E-state index in [1.54, 1.807) is 6.07 Å². The highest BCUT2D eigenvalue weighted by Gasteiger charge is 2.28. The van der Waals surface area contributed by atoms with Crippen molar-refractivity contribution in [2.75, 3.05) is 31.1 Å². The molecule has 1 aromatic rings. The lowest BCUT2D eigenvalue weighted by Gasteiger charge is -2.39. The van der Waals surface area contributed by atoms with Crippen molar-refractivity contribution in [3.05, 3.63) is 30.1 Å². The first-order chi connectivity index (χ1) is 10.8. The summed E-state index contributed by atoms with van der Waals surface area (Å²) in [4.78, 5) is 16.6. The molecular formula is C18H28FN3O. The van der Waals surface area contributed by atoms with Crippen LogP contribution in [0.1, 0.15) is 34.1 Å². The molecule has 0 saturated carbocycles. The molecule has 1 aliphatic heterocycles. The Kier molecular flexibility index (Phi) is 5.63. The van der Waals surface area contributed by atoms with E-state index >= 15 is 0 Å². The van der Waals surface area contributed by atoms with Crippen LogP contribution < -0.4 is 10.2 Å². The summed E-state index contributed by atoms with van der Waals surface area (Å²) in [5.41, 5.74) is 0.469. The first-order valence-corrected chi connectivity index (χ1v) is 8.39. The Morgan fingerprint density at radius 2 is 1.87 bits per heavy atom. The van der Waals surface area contributed by atoms with E-state index in [9.17, 15) is 9.18 Å². The van der Waals surface area contributed by atoms with Crippen molar-refractivity contribution in [2.24, 2.45) is 0 Å². The Morgan fingerprint density at radius 3 is 2.43 bits per heavy atom. The number of amides is 1. The van der Waals surface area contributed by atoms with Crippen LogP contribution in [0.2, 0.25) is 0 Å². The predicted octanol–water partition coefficient (Wildman–Crippen LogP) is 2.64. The molecule has 0 bridgehead atoms. The number of anilines is 1. The van der Waals surface area contributed by atoms with Crippen molar-refractivity contribution in [2.45, 2.75) is 45.7 Å². The average molecular weight is 321 g/mol. The Hall–Kier alpha value is -1.62. The highest BCUT2D eigenvalue weighted by molar-refractivity contribution is 5.82. The number of hydrogen-bond acceptors (Lipinski definition) is 3. The van der Waals surface area contributed by atoms with Crippen molar-refractivity contribution >= 4 is 11.6 Å². The van der Waals surface area contributed by atoms with E-state index in [2.05, 4.69) is 17.1 Å². The Bertz CT molecular complexity index is 539. The molecule has 0 radical (unpaired) electrons. The van der Waals surface area contributed by atoms with Crippen LogP contribution in [0, 0.1) is 5.82 Å². The molecule has 1 N–H and O–H groups in total. The normalized spacial score (nSPS) is 17.9. The van der Waals surface area contributed by atoms with Crippen LogP contribution in [-0.2, 0) is 4.79 Å². The van der Waals surface area contributed by atoms with Gasteiger partial charge in [0.15, 0.2) is 0 Å². The van der Waals surface area contributed by atoms with Gasteiger partial charge in [-0.05, 0) is 39.3 Å². The lowest BCUT2D eigenvalue weighted by molar-refractivity contribution is -0.127. The molecule has 0 spiro atoms. The van der Waals surface area contributed by atoms with E-state index in [1.807, 2.05) is 37.8 Å². The van der Waals surface area contributed by atoms with Gasteiger partial charge in [-0.1, -0.05) is 19.1 Å². The van der Waals surface area contributed by atoms with Gasteiger partial charge < -0.3 is 10.2 Å². The monoisotopic (exact) mass is 321 g/mol. The first-order valence-electron chi connectivity index (χ1n) is 8.39. The van der Waals surface area contributed by atoms with Gasteiger partial charge in [-0.15, -0.1) is 0 Å². The molecule has 1 fully saturated rings. The Balaban J connectivity index is 1.91. The zero-order chi connectivity index (χ0) is 17.0. The first kappa shape index (κ1) is 17.7. The van der Waals surface area contributed by atoms with Crippen LogP contribution in [0.4, 0.5) is 10.1 Å². The molecule has 5 heteroatoms. The molecule has 0 aliphatic carbocycles. The summed E-state index contributed by atoms with van der Waals surface area (Å²) in [7, 11) is 0. The quantitative estimate of drug-likeness (QED) is 0.905. The van der Waals surface area contributed by atoms with Crippen molar-refractivity contribution in [1.82, 2.24) is 10.2 Å². The van der Waals surface area contributed by atoms with Gasteiger partial charge in [-0.2, -0.15) is 0 Å². The van der Waals surface area contributed by atoms with Crippen molar-refractivity contribution < 1.29 is 9.18 Å². The fourth-order valence-corrected chi connectivity index (χ4v) is 2.75. The molecule has 1 aliphatic rings. The largest absolute Gasteiger partial charge is 0.367 e. The summed E-state index contributed by atoms with van der Waals surface area (Å²) in [6.45, 7) is 11.1. The fraction of sp³-hybridized carbons (Fsp3) is 0.611. The second-order valence-electron chi connectivity index (χ2n) is 6.88. The van der Waals surface area contributed by atoms with Crippen LogP contribution in [0.5, 0.6) is 0 Å². The maximum absolute atomic E-state index is 13.9. The zero-order valence-electron chi connectivity index (χ0n) is 14.6. The van der Waals surface area contributed by atoms with Crippen LogP contribution in [0.25, 0.3) is 0 Å². The van der Waals surface area contributed by atoms with Crippen LogP contribution in [-0.4, -0.2) is 48.6 Å². The summed E-state index contributed by atoms with van der Waals surface area (Å²) in [5, 5.41) is 3.10.